The molecule has 3 rings (SSSR count). The van der Waals surface area contributed by atoms with Crippen molar-refractivity contribution in [3.8, 4) is 0 Å². The average Bonchev–Trinajstić information content (AvgIpc) is 2.99. The summed E-state index contributed by atoms with van der Waals surface area (Å²) in [5.41, 5.74) is 3.78. The van der Waals surface area contributed by atoms with Gasteiger partial charge < -0.3 is 9.80 Å². The van der Waals surface area contributed by atoms with Crippen LogP contribution >= 0.6 is 11.3 Å². The van der Waals surface area contributed by atoms with Crippen LogP contribution in [-0.4, -0.2) is 41.9 Å². The first-order valence-corrected chi connectivity index (χ1v) is 9.05. The lowest BCUT2D eigenvalue weighted by atomic mass is 10.1. The minimum Gasteiger partial charge on any atom is -0.368 e. The van der Waals surface area contributed by atoms with E-state index in [0.717, 1.165) is 13.1 Å². The van der Waals surface area contributed by atoms with Crippen molar-refractivity contribution in [3.63, 3.8) is 0 Å². The van der Waals surface area contributed by atoms with E-state index in [1.54, 1.807) is 11.8 Å². The molecule has 1 saturated heterocycles. The fraction of sp³-hybridized carbons (Fsp3) is 0.389. The number of thiophene rings is 1. The van der Waals surface area contributed by atoms with Gasteiger partial charge in [0.1, 0.15) is 0 Å². The normalized spacial score (nSPS) is 14.7. The third kappa shape index (κ3) is 3.37. The van der Waals surface area contributed by atoms with E-state index in [-0.39, 0.29) is 11.6 Å². The number of piperazine rings is 1. The molecule has 1 fully saturated rings. The maximum Gasteiger partial charge on any atom is 0.283 e. The van der Waals surface area contributed by atoms with E-state index in [2.05, 4.69) is 36.9 Å². The van der Waals surface area contributed by atoms with Crippen LogP contribution in [-0.2, 0) is 0 Å². The number of nitrogens with zero attached hydrogens (tertiary/aromatic N) is 3. The average molecular weight is 359 g/mol. The number of amides is 1. The minimum atomic E-state index is -0.429. The van der Waals surface area contributed by atoms with E-state index < -0.39 is 4.92 Å². The van der Waals surface area contributed by atoms with E-state index in [0.29, 0.717) is 22.8 Å². The molecular weight excluding hydrogens is 338 g/mol. The van der Waals surface area contributed by atoms with Gasteiger partial charge in [-0.1, -0.05) is 12.1 Å². The number of rotatable bonds is 3. The zero-order valence-corrected chi connectivity index (χ0v) is 15.4. The lowest BCUT2D eigenvalue weighted by Crippen LogP contribution is -2.48. The van der Waals surface area contributed by atoms with Gasteiger partial charge in [0.15, 0.2) is 0 Å². The molecule has 0 spiro atoms. The summed E-state index contributed by atoms with van der Waals surface area (Å²) in [6.07, 6.45) is 0. The molecule has 0 aliphatic carbocycles. The Balaban J connectivity index is 1.70. The van der Waals surface area contributed by atoms with Gasteiger partial charge in [-0.25, -0.2) is 0 Å². The first kappa shape index (κ1) is 17.4. The fourth-order valence-corrected chi connectivity index (χ4v) is 4.10. The maximum absolute atomic E-state index is 12.6. The molecule has 0 atom stereocenters. The SMILES string of the molecule is Cc1cccc(N2CCN(C(=O)c3cc([N+](=O)[O-])c(C)s3)CC2)c1C. The topological polar surface area (TPSA) is 66.7 Å². The number of benzene rings is 1. The summed E-state index contributed by atoms with van der Waals surface area (Å²) in [7, 11) is 0. The van der Waals surface area contributed by atoms with Crippen molar-refractivity contribution < 1.29 is 9.72 Å². The van der Waals surface area contributed by atoms with Crippen molar-refractivity contribution in [1.82, 2.24) is 4.90 Å². The highest BCUT2D eigenvalue weighted by Gasteiger charge is 2.26. The molecule has 1 aliphatic rings. The number of aryl methyl sites for hydroxylation is 2. The number of carbonyl (C=O) groups excluding carboxylic acids is 1. The summed E-state index contributed by atoms with van der Waals surface area (Å²) < 4.78 is 0. The Labute approximate surface area is 150 Å². The number of anilines is 1. The third-order valence-corrected chi connectivity index (χ3v) is 5.81. The van der Waals surface area contributed by atoms with Gasteiger partial charge in [-0.3, -0.25) is 14.9 Å². The van der Waals surface area contributed by atoms with E-state index >= 15 is 0 Å². The Hall–Kier alpha value is -2.41. The van der Waals surface area contributed by atoms with Gasteiger partial charge in [0.25, 0.3) is 11.6 Å². The van der Waals surface area contributed by atoms with Crippen LogP contribution in [0.25, 0.3) is 0 Å². The highest BCUT2D eigenvalue weighted by molar-refractivity contribution is 7.14. The molecule has 0 bridgehead atoms. The molecule has 132 valence electrons. The van der Waals surface area contributed by atoms with Crippen LogP contribution in [0.3, 0.4) is 0 Å². The Morgan fingerprint density at radius 3 is 2.44 bits per heavy atom. The summed E-state index contributed by atoms with van der Waals surface area (Å²) in [6.45, 7) is 8.68. The Morgan fingerprint density at radius 2 is 1.84 bits per heavy atom. The Bertz CT molecular complexity index is 823. The predicted octanol–water partition coefficient (Wildman–Crippen LogP) is 3.54. The largest absolute Gasteiger partial charge is 0.368 e. The molecule has 6 nitrogen and oxygen atoms in total. The lowest BCUT2D eigenvalue weighted by molar-refractivity contribution is -0.385. The first-order valence-electron chi connectivity index (χ1n) is 8.23. The van der Waals surface area contributed by atoms with Crippen LogP contribution in [0.4, 0.5) is 11.4 Å². The van der Waals surface area contributed by atoms with Crippen molar-refractivity contribution >= 4 is 28.6 Å². The van der Waals surface area contributed by atoms with Crippen molar-refractivity contribution in [2.24, 2.45) is 0 Å². The van der Waals surface area contributed by atoms with Gasteiger partial charge in [-0.15, -0.1) is 11.3 Å². The van der Waals surface area contributed by atoms with Gasteiger partial charge >= 0.3 is 0 Å². The summed E-state index contributed by atoms with van der Waals surface area (Å²) in [5.74, 6) is -0.109. The van der Waals surface area contributed by atoms with Gasteiger partial charge in [0.2, 0.25) is 0 Å². The lowest BCUT2D eigenvalue weighted by Gasteiger charge is -2.36. The van der Waals surface area contributed by atoms with Gasteiger partial charge in [-0.2, -0.15) is 0 Å². The second kappa shape index (κ2) is 6.84. The van der Waals surface area contributed by atoms with Crippen LogP contribution in [0.15, 0.2) is 24.3 Å². The predicted molar refractivity (Wildman–Crippen MR) is 99.7 cm³/mol. The minimum absolute atomic E-state index is 0.0300. The molecule has 1 amide bonds. The molecule has 25 heavy (non-hydrogen) atoms. The second-order valence-corrected chi connectivity index (χ2v) is 7.56. The monoisotopic (exact) mass is 359 g/mol. The standard InChI is InChI=1S/C18H21N3O3S/c1-12-5-4-6-15(13(12)2)19-7-9-20(10-8-19)18(22)17-11-16(21(23)24)14(3)25-17/h4-6,11H,7-10H2,1-3H3. The van der Waals surface area contributed by atoms with Crippen LogP contribution in [0, 0.1) is 30.9 Å². The van der Waals surface area contributed by atoms with Gasteiger partial charge in [0, 0.05) is 37.9 Å². The molecule has 0 saturated carbocycles. The first-order chi connectivity index (χ1) is 11.9. The highest BCUT2D eigenvalue weighted by Crippen LogP contribution is 2.30. The van der Waals surface area contributed by atoms with E-state index in [1.807, 2.05) is 0 Å². The summed E-state index contributed by atoms with van der Waals surface area (Å²) >= 11 is 1.20. The zero-order valence-electron chi connectivity index (χ0n) is 14.6. The smallest absolute Gasteiger partial charge is 0.283 e. The fourth-order valence-electron chi connectivity index (χ4n) is 3.14. The van der Waals surface area contributed by atoms with Crippen LogP contribution in [0.2, 0.25) is 0 Å². The third-order valence-electron chi connectivity index (χ3n) is 4.78. The highest BCUT2D eigenvalue weighted by atomic mass is 32.1. The molecule has 1 aliphatic heterocycles. The van der Waals surface area contributed by atoms with Gasteiger partial charge in [0.05, 0.1) is 14.7 Å². The number of carbonyl (C=O) groups is 1. The van der Waals surface area contributed by atoms with E-state index in [1.165, 1.54) is 34.2 Å². The van der Waals surface area contributed by atoms with Crippen molar-refractivity contribution in [2.75, 3.05) is 31.1 Å². The number of nitro groups is 1. The van der Waals surface area contributed by atoms with E-state index in [4.69, 9.17) is 0 Å². The van der Waals surface area contributed by atoms with Crippen molar-refractivity contribution in [1.29, 1.82) is 0 Å². The molecule has 1 aromatic heterocycles. The molecule has 7 heteroatoms. The summed E-state index contributed by atoms with van der Waals surface area (Å²) in [6, 6.07) is 7.68. The van der Waals surface area contributed by atoms with Crippen molar-refractivity contribution in [3.05, 3.63) is 55.3 Å². The molecule has 2 aromatic rings. The summed E-state index contributed by atoms with van der Waals surface area (Å²) in [4.78, 5) is 28.3. The Kier molecular flexibility index (Phi) is 4.76. The molecule has 0 radical (unpaired) electrons. The van der Waals surface area contributed by atoms with Crippen LogP contribution < -0.4 is 4.90 Å². The number of hydrogen-bond donors (Lipinski definition) is 0. The maximum atomic E-state index is 12.6. The molecule has 2 heterocycles. The number of hydrogen-bond acceptors (Lipinski definition) is 5. The Morgan fingerprint density at radius 1 is 1.16 bits per heavy atom. The molecule has 1 aromatic carbocycles. The zero-order chi connectivity index (χ0) is 18.1. The van der Waals surface area contributed by atoms with Crippen LogP contribution in [0.5, 0.6) is 0 Å². The van der Waals surface area contributed by atoms with Crippen LogP contribution in [0.1, 0.15) is 25.7 Å². The summed E-state index contributed by atoms with van der Waals surface area (Å²) in [5, 5.41) is 11.0. The van der Waals surface area contributed by atoms with Gasteiger partial charge in [-0.05, 0) is 38.0 Å². The second-order valence-electron chi connectivity index (χ2n) is 6.31. The molecular formula is C18H21N3O3S. The quantitative estimate of drug-likeness (QED) is 0.621. The molecule has 0 unspecified atom stereocenters. The molecule has 0 N–H and O–H groups in total. The van der Waals surface area contributed by atoms with Crippen molar-refractivity contribution in [2.45, 2.75) is 20.8 Å². The van der Waals surface area contributed by atoms with E-state index in [9.17, 15) is 14.9 Å².